The van der Waals surface area contributed by atoms with Crippen molar-refractivity contribution in [2.75, 3.05) is 5.75 Å². The molecule has 2 rings (SSSR count). The zero-order chi connectivity index (χ0) is 9.97. The summed E-state index contributed by atoms with van der Waals surface area (Å²) >= 11 is 3.99. The number of hydrogen-bond donors (Lipinski definition) is 1. The third kappa shape index (κ3) is 2.75. The maximum absolute atomic E-state index is 3.63. The molecule has 0 spiro atoms. The molecule has 78 valence electrons. The van der Waals surface area contributed by atoms with Crippen molar-refractivity contribution in [1.82, 2.24) is 5.32 Å². The summed E-state index contributed by atoms with van der Waals surface area (Å²) in [6, 6.07) is 5.17. The van der Waals surface area contributed by atoms with Gasteiger partial charge in [-0.05, 0) is 25.5 Å². The number of thioether (sulfide) groups is 1. The second-order valence-corrected chi connectivity index (χ2v) is 6.81. The van der Waals surface area contributed by atoms with Crippen LogP contribution in [0.2, 0.25) is 0 Å². The third-order valence-corrected chi connectivity index (χ3v) is 4.92. The zero-order valence-electron chi connectivity index (χ0n) is 8.75. The molecule has 0 amide bonds. The summed E-state index contributed by atoms with van der Waals surface area (Å²) in [5.41, 5.74) is 0. The second kappa shape index (κ2) is 4.69. The van der Waals surface area contributed by atoms with Gasteiger partial charge in [-0.25, -0.2) is 0 Å². The van der Waals surface area contributed by atoms with E-state index in [0.29, 0.717) is 0 Å². The summed E-state index contributed by atoms with van der Waals surface area (Å²) < 4.78 is 0. The first kappa shape index (κ1) is 10.5. The van der Waals surface area contributed by atoms with Crippen LogP contribution in [0.4, 0.5) is 0 Å². The van der Waals surface area contributed by atoms with Crippen molar-refractivity contribution in [3.8, 4) is 0 Å². The largest absolute Gasteiger partial charge is 0.308 e. The van der Waals surface area contributed by atoms with Crippen LogP contribution in [0.15, 0.2) is 12.1 Å². The summed E-state index contributed by atoms with van der Waals surface area (Å²) in [6.07, 6.45) is 1.33. The fourth-order valence-corrected chi connectivity index (χ4v) is 3.81. The van der Waals surface area contributed by atoms with Gasteiger partial charge in [-0.3, -0.25) is 0 Å². The summed E-state index contributed by atoms with van der Waals surface area (Å²) in [7, 11) is 0. The van der Waals surface area contributed by atoms with Gasteiger partial charge >= 0.3 is 0 Å². The van der Waals surface area contributed by atoms with E-state index in [1.807, 2.05) is 11.3 Å². The topological polar surface area (TPSA) is 12.0 Å². The van der Waals surface area contributed by atoms with Crippen LogP contribution in [0.3, 0.4) is 0 Å². The highest BCUT2D eigenvalue weighted by atomic mass is 32.2. The lowest BCUT2D eigenvalue weighted by Crippen LogP contribution is -2.28. The number of hydrogen-bond acceptors (Lipinski definition) is 3. The molecule has 0 aromatic carbocycles. The van der Waals surface area contributed by atoms with E-state index in [9.17, 15) is 0 Å². The minimum absolute atomic E-state index is 0.734. The van der Waals surface area contributed by atoms with Crippen molar-refractivity contribution in [1.29, 1.82) is 0 Å². The summed E-state index contributed by atoms with van der Waals surface area (Å²) in [6.45, 7) is 5.54. The Hall–Kier alpha value is 0.01000. The standard InChI is InChI=1S/C11H17NS2/c1-8-3-4-11(14-8)6-12-10-5-9(2)13-7-10/h3-4,9-10,12H,5-7H2,1-2H3. The number of aryl methyl sites for hydroxylation is 1. The third-order valence-electron chi connectivity index (χ3n) is 2.56. The first-order valence-electron chi connectivity index (χ1n) is 5.14. The summed E-state index contributed by atoms with van der Waals surface area (Å²) in [5, 5.41) is 4.48. The van der Waals surface area contributed by atoms with Crippen molar-refractivity contribution < 1.29 is 0 Å². The molecule has 1 nitrogen and oxygen atoms in total. The van der Waals surface area contributed by atoms with Crippen LogP contribution < -0.4 is 5.32 Å². The van der Waals surface area contributed by atoms with Gasteiger partial charge in [-0.15, -0.1) is 11.3 Å². The first-order chi connectivity index (χ1) is 6.74. The van der Waals surface area contributed by atoms with Gasteiger partial charge in [0.05, 0.1) is 0 Å². The quantitative estimate of drug-likeness (QED) is 0.852. The van der Waals surface area contributed by atoms with E-state index in [1.54, 1.807) is 0 Å². The van der Waals surface area contributed by atoms with Crippen molar-refractivity contribution in [2.45, 2.75) is 38.1 Å². The Morgan fingerprint density at radius 1 is 1.50 bits per heavy atom. The molecule has 3 heteroatoms. The van der Waals surface area contributed by atoms with Gasteiger partial charge in [0.2, 0.25) is 0 Å². The molecule has 1 aliphatic rings. The van der Waals surface area contributed by atoms with E-state index in [2.05, 4.69) is 43.1 Å². The van der Waals surface area contributed by atoms with Crippen LogP contribution in [0, 0.1) is 6.92 Å². The van der Waals surface area contributed by atoms with Gasteiger partial charge < -0.3 is 5.32 Å². The van der Waals surface area contributed by atoms with Crippen LogP contribution in [0.1, 0.15) is 23.1 Å². The molecular formula is C11H17NS2. The van der Waals surface area contributed by atoms with Crippen molar-refractivity contribution in [3.63, 3.8) is 0 Å². The predicted octanol–water partition coefficient (Wildman–Crippen LogP) is 3.04. The molecule has 1 aromatic rings. The van der Waals surface area contributed by atoms with Crippen LogP contribution in [-0.2, 0) is 6.54 Å². The molecule has 1 aliphatic heterocycles. The molecule has 1 saturated heterocycles. The summed E-state index contributed by atoms with van der Waals surface area (Å²) in [4.78, 5) is 2.88. The van der Waals surface area contributed by atoms with E-state index in [4.69, 9.17) is 0 Å². The molecule has 1 N–H and O–H groups in total. The van der Waals surface area contributed by atoms with Crippen molar-refractivity contribution in [3.05, 3.63) is 21.9 Å². The Labute approximate surface area is 94.3 Å². The van der Waals surface area contributed by atoms with Gasteiger partial charge in [-0.1, -0.05) is 6.92 Å². The molecule has 0 aliphatic carbocycles. The summed E-state index contributed by atoms with van der Waals surface area (Å²) in [5.74, 6) is 1.28. The molecule has 1 aromatic heterocycles. The van der Waals surface area contributed by atoms with E-state index >= 15 is 0 Å². The number of nitrogens with one attached hydrogen (secondary N) is 1. The van der Waals surface area contributed by atoms with Crippen LogP contribution in [-0.4, -0.2) is 17.0 Å². The minimum Gasteiger partial charge on any atom is -0.308 e. The molecule has 2 unspecified atom stereocenters. The maximum atomic E-state index is 3.63. The van der Waals surface area contributed by atoms with Gasteiger partial charge in [0.1, 0.15) is 0 Å². The average Bonchev–Trinajstić information content (AvgIpc) is 2.72. The minimum atomic E-state index is 0.734. The van der Waals surface area contributed by atoms with Crippen LogP contribution in [0.25, 0.3) is 0 Å². The van der Waals surface area contributed by atoms with Crippen molar-refractivity contribution >= 4 is 23.1 Å². The average molecular weight is 227 g/mol. The highest BCUT2D eigenvalue weighted by molar-refractivity contribution is 8.00. The predicted molar refractivity (Wildman–Crippen MR) is 66.2 cm³/mol. The lowest BCUT2D eigenvalue weighted by Gasteiger charge is -2.09. The fourth-order valence-electron chi connectivity index (χ4n) is 1.78. The van der Waals surface area contributed by atoms with Crippen LogP contribution in [0.5, 0.6) is 0 Å². The van der Waals surface area contributed by atoms with E-state index in [-0.39, 0.29) is 0 Å². The monoisotopic (exact) mass is 227 g/mol. The highest BCUT2D eigenvalue weighted by Gasteiger charge is 2.20. The molecule has 0 saturated carbocycles. The lowest BCUT2D eigenvalue weighted by atomic mass is 10.2. The Morgan fingerprint density at radius 3 is 2.93 bits per heavy atom. The zero-order valence-corrected chi connectivity index (χ0v) is 10.4. The van der Waals surface area contributed by atoms with E-state index in [0.717, 1.165) is 17.8 Å². The van der Waals surface area contributed by atoms with Gasteiger partial charge in [0, 0.05) is 33.3 Å². The Kier molecular flexibility index (Phi) is 3.52. The van der Waals surface area contributed by atoms with Crippen molar-refractivity contribution in [2.24, 2.45) is 0 Å². The molecular weight excluding hydrogens is 210 g/mol. The fraction of sp³-hybridized carbons (Fsp3) is 0.636. The number of rotatable bonds is 3. The normalized spacial score (nSPS) is 27.0. The van der Waals surface area contributed by atoms with Gasteiger partial charge in [-0.2, -0.15) is 11.8 Å². The Balaban J connectivity index is 1.77. The first-order valence-corrected chi connectivity index (χ1v) is 7.01. The molecule has 2 heterocycles. The molecule has 14 heavy (non-hydrogen) atoms. The maximum Gasteiger partial charge on any atom is 0.0302 e. The Morgan fingerprint density at radius 2 is 2.36 bits per heavy atom. The second-order valence-electron chi connectivity index (χ2n) is 3.97. The highest BCUT2D eigenvalue weighted by Crippen LogP contribution is 2.26. The molecule has 2 atom stereocenters. The molecule has 1 fully saturated rings. The molecule has 0 radical (unpaired) electrons. The lowest BCUT2D eigenvalue weighted by molar-refractivity contribution is 0.542. The van der Waals surface area contributed by atoms with Crippen LogP contribution >= 0.6 is 23.1 Å². The van der Waals surface area contributed by atoms with Gasteiger partial charge in [0.25, 0.3) is 0 Å². The van der Waals surface area contributed by atoms with E-state index < -0.39 is 0 Å². The van der Waals surface area contributed by atoms with Gasteiger partial charge in [0.15, 0.2) is 0 Å². The number of thiophene rings is 1. The van der Waals surface area contributed by atoms with E-state index in [1.165, 1.54) is 21.9 Å². The Bertz CT molecular complexity index is 295. The smallest absolute Gasteiger partial charge is 0.0302 e. The SMILES string of the molecule is Cc1ccc(CNC2CSC(C)C2)s1. The molecule has 0 bridgehead atoms.